The van der Waals surface area contributed by atoms with Crippen LogP contribution in [0.5, 0.6) is 0 Å². The topological polar surface area (TPSA) is 106 Å². The van der Waals surface area contributed by atoms with E-state index >= 15 is 0 Å². The molecule has 9 rings (SSSR count). The van der Waals surface area contributed by atoms with Gasteiger partial charge in [-0.2, -0.15) is 0 Å². The number of aromatic nitrogens is 8. The molecule has 1 radical (unpaired) electrons. The number of nitrogens with zero attached hydrogens (tertiary/aromatic N) is 8. The molecule has 17 heteroatoms. The Bertz CT molecular complexity index is 2070. The molecule has 7 aromatic rings. The van der Waals surface area contributed by atoms with Crippen molar-refractivity contribution in [3.05, 3.63) is 46.4 Å². The summed E-state index contributed by atoms with van der Waals surface area (Å²) >= 11 is 0. The van der Waals surface area contributed by atoms with Gasteiger partial charge in [0, 0.05) is 66.4 Å². The molecule has 0 aliphatic carbocycles. The van der Waals surface area contributed by atoms with Crippen LogP contribution in [0.25, 0.3) is 89.7 Å². The van der Waals surface area contributed by atoms with E-state index in [0.29, 0.717) is 45.9 Å². The molecule has 0 N–H and O–H groups in total. The van der Waals surface area contributed by atoms with Gasteiger partial charge in [-0.15, -0.1) is 0 Å². The fourth-order valence-corrected chi connectivity index (χ4v) is 12.5. The summed E-state index contributed by atoms with van der Waals surface area (Å²) in [5.41, 5.74) is 6.48. The first-order chi connectivity index (χ1) is 22.8. The summed E-state index contributed by atoms with van der Waals surface area (Å²) in [6.45, 7) is 12.0. The fraction of sp³-hybridized carbons (Fsp3) is 0.273. The van der Waals surface area contributed by atoms with Gasteiger partial charge in [-0.25, -0.2) is 9.97 Å². The Balaban J connectivity index is 0.000000827. The third kappa shape index (κ3) is 8.37. The van der Waals surface area contributed by atoms with E-state index in [1.165, 1.54) is 63.0 Å². The molecule has 7 aromatic heterocycles. The minimum absolute atomic E-state index is 0. The van der Waals surface area contributed by atoms with Crippen LogP contribution < -0.4 is 9.97 Å². The van der Waals surface area contributed by atoms with Crippen molar-refractivity contribution in [3.8, 4) is 45.6 Å². The van der Waals surface area contributed by atoms with Gasteiger partial charge in [0.05, 0.1) is 23.3 Å². The molecule has 0 atom stereocenters. The van der Waals surface area contributed by atoms with Crippen molar-refractivity contribution in [1.29, 1.82) is 0 Å². The van der Waals surface area contributed by atoms with E-state index < -0.39 is 0 Å². The van der Waals surface area contributed by atoms with Crippen molar-refractivity contribution in [3.63, 3.8) is 0 Å². The second-order valence-corrected chi connectivity index (χ2v) is 18.2. The van der Waals surface area contributed by atoms with Gasteiger partial charge >= 0.3 is 17.1 Å². The zero-order valence-corrected chi connectivity index (χ0v) is 34.2. The van der Waals surface area contributed by atoms with Crippen LogP contribution in [0.1, 0.15) is 63.8 Å². The summed E-state index contributed by atoms with van der Waals surface area (Å²) in [7, 11) is 9.43. The van der Waals surface area contributed by atoms with Gasteiger partial charge in [0.1, 0.15) is 0 Å². The fourth-order valence-electron chi connectivity index (χ4n) is 4.68. The monoisotopic (exact) mass is 857 g/mol. The third-order valence-electron chi connectivity index (χ3n) is 6.54. The predicted octanol–water partition coefficient (Wildman–Crippen LogP) is 15.8. The molecule has 0 spiro atoms. The largest absolute Gasteiger partial charge is 2.00 e. The van der Waals surface area contributed by atoms with Gasteiger partial charge in [-0.1, -0.05) is 63.8 Å². The molecule has 8 nitrogen and oxygen atoms in total. The van der Waals surface area contributed by atoms with E-state index in [1.807, 2.05) is 41.5 Å². The van der Waals surface area contributed by atoms with Crippen molar-refractivity contribution in [1.82, 2.24) is 39.9 Å². The van der Waals surface area contributed by atoms with Crippen molar-refractivity contribution >= 4 is 107 Å². The summed E-state index contributed by atoms with van der Waals surface area (Å²) in [5, 5.41) is 3.97. The Labute approximate surface area is 318 Å². The Morgan fingerprint density at radius 2 is 0.540 bits per heavy atom. The van der Waals surface area contributed by atoms with Crippen LogP contribution in [0.2, 0.25) is 0 Å². The Kier molecular flexibility index (Phi) is 18.1. The first kappa shape index (κ1) is 44.4. The van der Waals surface area contributed by atoms with Gasteiger partial charge in [-0.05, 0) is 109 Å². The molecule has 0 fully saturated rings. The zero-order valence-electron chi connectivity index (χ0n) is 26.1. The Hall–Kier alpha value is -1.80. The zero-order chi connectivity index (χ0) is 32.2. The summed E-state index contributed by atoms with van der Waals surface area (Å²) in [4.78, 5) is 39.8. The Morgan fingerprint density at radius 3 is 0.760 bits per heavy atom. The minimum Gasteiger partial charge on any atom is -0.357 e. The van der Waals surface area contributed by atoms with Crippen LogP contribution in [0, 0.1) is 0 Å². The molecule has 261 valence electrons. The maximum absolute atomic E-state index is 5.02. The third-order valence-corrected chi connectivity index (χ3v) is 14.4. The molecule has 9 heterocycles. The molecule has 8 bridgehead atoms. The first-order valence-electron chi connectivity index (χ1n) is 14.8. The molecule has 0 saturated carbocycles. The van der Waals surface area contributed by atoms with Crippen molar-refractivity contribution in [2.45, 2.75) is 63.8 Å². The molecule has 2 aliphatic heterocycles. The van der Waals surface area contributed by atoms with Gasteiger partial charge in [-0.3, -0.25) is 0 Å². The molecule has 0 amide bonds. The van der Waals surface area contributed by atoms with Gasteiger partial charge in [0.2, 0.25) is 0 Å². The summed E-state index contributed by atoms with van der Waals surface area (Å²) < 4.78 is 0. The van der Waals surface area contributed by atoms with Crippen LogP contribution >= 0.6 is 63.0 Å². The summed E-state index contributed by atoms with van der Waals surface area (Å²) in [6, 6.07) is 0. The molecular formula is C33H38CuN8P8. The average molecular weight is 858 g/mol. The molecular weight excluding hydrogens is 820 g/mol. The van der Waals surface area contributed by atoms with E-state index in [2.05, 4.69) is 46.4 Å². The smallest absolute Gasteiger partial charge is 0.357 e. The van der Waals surface area contributed by atoms with Crippen molar-refractivity contribution in [2.75, 3.05) is 0 Å². The van der Waals surface area contributed by atoms with Crippen LogP contribution in [0.4, 0.5) is 0 Å². The van der Waals surface area contributed by atoms with E-state index in [0.717, 1.165) is 43.8 Å². The van der Waals surface area contributed by atoms with Crippen molar-refractivity contribution in [2.24, 2.45) is 0 Å². The normalized spacial score (nSPS) is 11.2. The SMILES string of the molecule is C.C.C.CC.CC.CC.[Cu+2].c1ppcc2c1-c1nc-2nc2[n-]c(nc3nc(nc4[n-]c(n1)c1cppcc41)-c1cppcc1-3)c1cppcc21. The molecule has 2 aliphatic rings. The maximum atomic E-state index is 5.02. The van der Waals surface area contributed by atoms with E-state index in [1.54, 1.807) is 0 Å². The Morgan fingerprint density at radius 1 is 0.340 bits per heavy atom. The molecule has 0 aromatic carbocycles. The van der Waals surface area contributed by atoms with Gasteiger partial charge in [0.25, 0.3) is 0 Å². The minimum atomic E-state index is 0. The van der Waals surface area contributed by atoms with E-state index in [9.17, 15) is 0 Å². The maximum Gasteiger partial charge on any atom is 2.00 e. The predicted molar refractivity (Wildman–Crippen MR) is 228 cm³/mol. The quantitative estimate of drug-likeness (QED) is 0.139. The second-order valence-electron chi connectivity index (χ2n) is 8.75. The number of rotatable bonds is 0. The van der Waals surface area contributed by atoms with Crippen molar-refractivity contribution < 1.29 is 17.1 Å². The molecule has 0 unspecified atom stereocenters. The number of hydrogen-bond acceptors (Lipinski definition) is 6. The summed E-state index contributed by atoms with van der Waals surface area (Å²) in [6.07, 6.45) is 0. The molecule has 0 saturated heterocycles. The summed E-state index contributed by atoms with van der Waals surface area (Å²) in [5.74, 6) is 19.9. The van der Waals surface area contributed by atoms with Crippen LogP contribution in [0.15, 0.2) is 46.4 Å². The van der Waals surface area contributed by atoms with Crippen LogP contribution in [-0.2, 0) is 17.1 Å². The van der Waals surface area contributed by atoms with Crippen LogP contribution in [-0.4, -0.2) is 29.9 Å². The van der Waals surface area contributed by atoms with Gasteiger partial charge < -0.3 is 29.9 Å². The van der Waals surface area contributed by atoms with E-state index in [4.69, 9.17) is 39.9 Å². The number of fused-ring (bicyclic) bond motifs is 20. The number of hydrogen-bond donors (Lipinski definition) is 0. The van der Waals surface area contributed by atoms with E-state index in [-0.39, 0.29) is 39.3 Å². The average Bonchev–Trinajstić information content (AvgIpc) is 3.87. The molecule has 50 heavy (non-hydrogen) atoms. The van der Waals surface area contributed by atoms with Gasteiger partial charge in [0.15, 0.2) is 0 Å². The standard InChI is InChI=1S/C24H8N8P8.3C2H6.3CH4.Cu/c1-9-10(2-34-33-1)18-25-17(9)29-19-11-3-35-36-4-12(11)21(26-19)31-23-15-7-39-40-8-16(15)24(28-23)32-22-14-6-38-37-5-13(14)20(27-22)30-18;3*1-2;;;;/h1-8H;3*1-2H3;3*1H4;/q-2;;;;;;;+2. The second kappa shape index (κ2) is 20.4. The first-order valence-corrected chi connectivity index (χ1v) is 25.3. The van der Waals surface area contributed by atoms with Crippen LogP contribution in [0.3, 0.4) is 0 Å².